The molecule has 1 aromatic carbocycles. The van der Waals surface area contributed by atoms with Crippen molar-refractivity contribution in [2.75, 3.05) is 19.6 Å². The predicted octanol–water partition coefficient (Wildman–Crippen LogP) is 2.21. The second kappa shape index (κ2) is 8.58. The van der Waals surface area contributed by atoms with Crippen LogP contribution in [0.5, 0.6) is 0 Å². The number of benzene rings is 1. The maximum atomic E-state index is 12.2. The lowest BCUT2D eigenvalue weighted by molar-refractivity contribution is -0.132. The summed E-state index contributed by atoms with van der Waals surface area (Å²) in [4.78, 5) is 25.3. The highest BCUT2D eigenvalue weighted by molar-refractivity contribution is 7.89. The van der Waals surface area contributed by atoms with Gasteiger partial charge in [0, 0.05) is 31.6 Å². The second-order valence-electron chi connectivity index (χ2n) is 6.65. The van der Waals surface area contributed by atoms with Crippen LogP contribution in [0.1, 0.15) is 49.9 Å². The number of Topliss-reactive ketones (excluding diaryl/α,β-unsaturated/α-hetero) is 1. The third kappa shape index (κ3) is 5.64. The molecule has 7 heteroatoms. The molecule has 25 heavy (non-hydrogen) atoms. The standard InChI is InChI=1S/C18H26N2O4S/c1-14-9-12-20(13-10-14)18(22)4-3-11-19-25(23,24)17-7-5-16(6-8-17)15(2)21/h5-8,14,19H,3-4,9-13H2,1-2H3. The Morgan fingerprint density at radius 2 is 1.76 bits per heavy atom. The minimum absolute atomic E-state index is 0.0944. The van der Waals surface area contributed by atoms with Crippen LogP contribution in [0.4, 0.5) is 0 Å². The number of nitrogens with zero attached hydrogens (tertiary/aromatic N) is 1. The van der Waals surface area contributed by atoms with Crippen molar-refractivity contribution in [1.82, 2.24) is 9.62 Å². The van der Waals surface area contributed by atoms with Crippen molar-refractivity contribution in [3.8, 4) is 0 Å². The number of nitrogens with one attached hydrogen (secondary N) is 1. The zero-order valence-electron chi connectivity index (χ0n) is 14.8. The van der Waals surface area contributed by atoms with E-state index in [0.717, 1.165) is 25.9 Å². The van der Waals surface area contributed by atoms with E-state index in [-0.39, 0.29) is 23.1 Å². The van der Waals surface area contributed by atoms with Gasteiger partial charge in [-0.15, -0.1) is 0 Å². The molecule has 0 radical (unpaired) electrons. The molecule has 138 valence electrons. The second-order valence-corrected chi connectivity index (χ2v) is 8.41. The number of ketones is 1. The van der Waals surface area contributed by atoms with Gasteiger partial charge in [-0.25, -0.2) is 13.1 Å². The Balaban J connectivity index is 1.78. The molecule has 0 aromatic heterocycles. The van der Waals surface area contributed by atoms with Crippen molar-refractivity contribution in [2.45, 2.75) is 44.4 Å². The normalized spacial score (nSPS) is 16.0. The Bertz CT molecular complexity index is 705. The van der Waals surface area contributed by atoms with E-state index in [0.29, 0.717) is 24.3 Å². The zero-order chi connectivity index (χ0) is 18.4. The average molecular weight is 366 g/mol. The SMILES string of the molecule is CC(=O)c1ccc(S(=O)(=O)NCCCC(=O)N2CCC(C)CC2)cc1. The van der Waals surface area contributed by atoms with E-state index >= 15 is 0 Å². The van der Waals surface area contributed by atoms with Gasteiger partial charge < -0.3 is 4.90 Å². The van der Waals surface area contributed by atoms with Crippen LogP contribution in [0.2, 0.25) is 0 Å². The summed E-state index contributed by atoms with van der Waals surface area (Å²) in [6.45, 7) is 5.44. The lowest BCUT2D eigenvalue weighted by atomic mass is 9.99. The number of rotatable bonds is 7. The lowest BCUT2D eigenvalue weighted by Crippen LogP contribution is -2.38. The minimum Gasteiger partial charge on any atom is -0.343 e. The van der Waals surface area contributed by atoms with E-state index in [2.05, 4.69) is 11.6 Å². The molecule has 1 aliphatic rings. The highest BCUT2D eigenvalue weighted by Gasteiger charge is 2.20. The number of hydrogen-bond acceptors (Lipinski definition) is 4. The number of carbonyl (C=O) groups excluding carboxylic acids is 2. The first-order chi connectivity index (χ1) is 11.8. The van der Waals surface area contributed by atoms with Gasteiger partial charge in [-0.2, -0.15) is 0 Å². The highest BCUT2D eigenvalue weighted by Crippen LogP contribution is 2.17. The summed E-state index contributed by atoms with van der Waals surface area (Å²) < 4.78 is 26.9. The van der Waals surface area contributed by atoms with Gasteiger partial charge in [0.2, 0.25) is 15.9 Å². The molecule has 1 amide bonds. The summed E-state index contributed by atoms with van der Waals surface area (Å²) in [5.74, 6) is 0.657. The number of carbonyl (C=O) groups is 2. The van der Waals surface area contributed by atoms with Gasteiger partial charge in [0.1, 0.15) is 0 Å². The van der Waals surface area contributed by atoms with E-state index in [1.165, 1.54) is 31.2 Å². The first-order valence-corrected chi connectivity index (χ1v) is 10.2. The molecule has 0 bridgehead atoms. The van der Waals surface area contributed by atoms with Crippen LogP contribution in [0, 0.1) is 5.92 Å². The average Bonchev–Trinajstić information content (AvgIpc) is 2.59. The van der Waals surface area contributed by atoms with Gasteiger partial charge in [-0.05, 0) is 44.2 Å². The van der Waals surface area contributed by atoms with Crippen LogP contribution >= 0.6 is 0 Å². The summed E-state index contributed by atoms with van der Waals surface area (Å²) in [5.41, 5.74) is 0.473. The summed E-state index contributed by atoms with van der Waals surface area (Å²) in [6.07, 6.45) is 2.89. The van der Waals surface area contributed by atoms with Gasteiger partial charge in [0.25, 0.3) is 0 Å². The van der Waals surface area contributed by atoms with Crippen molar-refractivity contribution >= 4 is 21.7 Å². The first-order valence-electron chi connectivity index (χ1n) is 8.68. The van der Waals surface area contributed by atoms with Crippen molar-refractivity contribution < 1.29 is 18.0 Å². The predicted molar refractivity (Wildman–Crippen MR) is 95.8 cm³/mol. The Hall–Kier alpha value is -1.73. The van der Waals surface area contributed by atoms with E-state index in [4.69, 9.17) is 0 Å². The Morgan fingerprint density at radius 3 is 2.32 bits per heavy atom. The minimum atomic E-state index is -3.62. The fourth-order valence-electron chi connectivity index (χ4n) is 2.81. The molecule has 1 fully saturated rings. The molecule has 1 heterocycles. The fourth-order valence-corrected chi connectivity index (χ4v) is 3.89. The largest absolute Gasteiger partial charge is 0.343 e. The van der Waals surface area contributed by atoms with Crippen molar-refractivity contribution in [3.63, 3.8) is 0 Å². The van der Waals surface area contributed by atoms with Crippen molar-refractivity contribution in [3.05, 3.63) is 29.8 Å². The molecular formula is C18H26N2O4S. The fraction of sp³-hybridized carbons (Fsp3) is 0.556. The van der Waals surface area contributed by atoms with Gasteiger partial charge in [0.15, 0.2) is 5.78 Å². The number of hydrogen-bond donors (Lipinski definition) is 1. The van der Waals surface area contributed by atoms with E-state index in [1.54, 1.807) is 0 Å². The molecule has 0 unspecified atom stereocenters. The summed E-state index contributed by atoms with van der Waals surface area (Å²) in [5, 5.41) is 0. The summed E-state index contributed by atoms with van der Waals surface area (Å²) in [7, 11) is -3.62. The summed E-state index contributed by atoms with van der Waals surface area (Å²) >= 11 is 0. The molecule has 0 saturated carbocycles. The molecule has 1 saturated heterocycles. The maximum Gasteiger partial charge on any atom is 0.240 e. The topological polar surface area (TPSA) is 83.5 Å². The number of amides is 1. The lowest BCUT2D eigenvalue weighted by Gasteiger charge is -2.30. The molecule has 2 rings (SSSR count). The molecule has 0 aliphatic carbocycles. The van der Waals surface area contributed by atoms with Gasteiger partial charge in [-0.3, -0.25) is 9.59 Å². The Morgan fingerprint density at radius 1 is 1.16 bits per heavy atom. The van der Waals surface area contributed by atoms with E-state index in [1.807, 2.05) is 4.90 Å². The molecule has 0 atom stereocenters. The molecule has 1 aliphatic heterocycles. The molecule has 0 spiro atoms. The first kappa shape index (κ1) is 19.6. The smallest absolute Gasteiger partial charge is 0.240 e. The van der Waals surface area contributed by atoms with Crippen LogP contribution in [-0.4, -0.2) is 44.6 Å². The van der Waals surface area contributed by atoms with Crippen LogP contribution in [0.15, 0.2) is 29.2 Å². The monoisotopic (exact) mass is 366 g/mol. The molecular weight excluding hydrogens is 340 g/mol. The van der Waals surface area contributed by atoms with Crippen LogP contribution in [0.25, 0.3) is 0 Å². The van der Waals surface area contributed by atoms with Crippen LogP contribution < -0.4 is 4.72 Å². The van der Waals surface area contributed by atoms with E-state index in [9.17, 15) is 18.0 Å². The number of likely N-dealkylation sites (tertiary alicyclic amines) is 1. The molecule has 6 nitrogen and oxygen atoms in total. The quantitative estimate of drug-likeness (QED) is 0.592. The number of piperidine rings is 1. The Kier molecular flexibility index (Phi) is 6.72. The van der Waals surface area contributed by atoms with Crippen LogP contribution in [0.3, 0.4) is 0 Å². The summed E-state index contributed by atoms with van der Waals surface area (Å²) in [6, 6.07) is 5.83. The highest BCUT2D eigenvalue weighted by atomic mass is 32.2. The van der Waals surface area contributed by atoms with Gasteiger partial charge in [-0.1, -0.05) is 19.1 Å². The third-order valence-electron chi connectivity index (χ3n) is 4.57. The number of sulfonamides is 1. The zero-order valence-corrected chi connectivity index (χ0v) is 15.6. The van der Waals surface area contributed by atoms with Crippen molar-refractivity contribution in [2.24, 2.45) is 5.92 Å². The molecule has 1 N–H and O–H groups in total. The Labute approximate surface area is 149 Å². The van der Waals surface area contributed by atoms with Gasteiger partial charge >= 0.3 is 0 Å². The van der Waals surface area contributed by atoms with E-state index < -0.39 is 10.0 Å². The van der Waals surface area contributed by atoms with Crippen molar-refractivity contribution in [1.29, 1.82) is 0 Å². The third-order valence-corrected chi connectivity index (χ3v) is 6.04. The maximum absolute atomic E-state index is 12.2. The molecule has 1 aromatic rings. The van der Waals surface area contributed by atoms with Crippen LogP contribution in [-0.2, 0) is 14.8 Å². The van der Waals surface area contributed by atoms with Gasteiger partial charge in [0.05, 0.1) is 4.90 Å².